The van der Waals surface area contributed by atoms with Gasteiger partial charge in [0.15, 0.2) is 0 Å². The molecule has 2 aromatic heterocycles. The molecule has 7 heteroatoms. The molecule has 3 heterocycles. The molecule has 4 rings (SSSR count). The lowest BCUT2D eigenvalue weighted by atomic mass is 10.2. The quantitative estimate of drug-likeness (QED) is 0.718. The van der Waals surface area contributed by atoms with Crippen LogP contribution in [0.4, 0.5) is 0 Å². The summed E-state index contributed by atoms with van der Waals surface area (Å²) in [6.07, 6.45) is 3.30. The SMILES string of the molecule is O=C(c1nc(-c2ccncc2)no1)N1CCN(Cc2ccccc2)CC1. The van der Waals surface area contributed by atoms with Crippen molar-refractivity contribution in [1.82, 2.24) is 24.9 Å². The molecule has 1 aromatic carbocycles. The largest absolute Gasteiger partial charge is 0.332 e. The van der Waals surface area contributed by atoms with Crippen LogP contribution in [0.5, 0.6) is 0 Å². The summed E-state index contributed by atoms with van der Waals surface area (Å²) < 4.78 is 5.17. The Bertz CT molecular complexity index is 858. The zero-order chi connectivity index (χ0) is 17.8. The lowest BCUT2D eigenvalue weighted by Crippen LogP contribution is -2.48. The van der Waals surface area contributed by atoms with Crippen molar-refractivity contribution >= 4 is 5.91 Å². The second kappa shape index (κ2) is 7.45. The number of amides is 1. The molecule has 1 amide bonds. The van der Waals surface area contributed by atoms with Crippen molar-refractivity contribution < 1.29 is 9.32 Å². The van der Waals surface area contributed by atoms with Crippen LogP contribution in [0.25, 0.3) is 11.4 Å². The summed E-state index contributed by atoms with van der Waals surface area (Å²) in [7, 11) is 0. The summed E-state index contributed by atoms with van der Waals surface area (Å²) in [6.45, 7) is 3.85. The number of carbonyl (C=O) groups is 1. The normalized spacial score (nSPS) is 15.2. The molecule has 132 valence electrons. The topological polar surface area (TPSA) is 75.4 Å². The van der Waals surface area contributed by atoms with E-state index in [1.807, 2.05) is 18.2 Å². The van der Waals surface area contributed by atoms with Gasteiger partial charge in [-0.05, 0) is 17.7 Å². The number of nitrogens with zero attached hydrogens (tertiary/aromatic N) is 5. The molecule has 0 saturated carbocycles. The molecule has 0 spiro atoms. The molecular weight excluding hydrogens is 330 g/mol. The Kier molecular flexibility index (Phi) is 4.70. The van der Waals surface area contributed by atoms with Crippen molar-refractivity contribution in [3.05, 3.63) is 66.3 Å². The zero-order valence-corrected chi connectivity index (χ0v) is 14.3. The van der Waals surface area contributed by atoms with Gasteiger partial charge in [-0.25, -0.2) is 0 Å². The number of pyridine rings is 1. The van der Waals surface area contributed by atoms with Crippen LogP contribution < -0.4 is 0 Å². The van der Waals surface area contributed by atoms with Gasteiger partial charge in [0.25, 0.3) is 0 Å². The highest BCUT2D eigenvalue weighted by Gasteiger charge is 2.26. The maximum absolute atomic E-state index is 12.6. The summed E-state index contributed by atoms with van der Waals surface area (Å²) >= 11 is 0. The third-order valence-electron chi connectivity index (χ3n) is 4.46. The monoisotopic (exact) mass is 349 g/mol. The second-order valence-corrected chi connectivity index (χ2v) is 6.21. The standard InChI is InChI=1S/C19H19N5O2/c25-19(18-21-17(22-26-18)16-6-8-20-9-7-16)24-12-10-23(11-13-24)14-15-4-2-1-3-5-15/h1-9H,10-14H2. The Morgan fingerprint density at radius 1 is 1.00 bits per heavy atom. The third kappa shape index (κ3) is 3.62. The van der Waals surface area contributed by atoms with Crippen molar-refractivity contribution in [1.29, 1.82) is 0 Å². The number of carbonyl (C=O) groups excluding carboxylic acids is 1. The van der Waals surface area contributed by atoms with Gasteiger partial charge in [-0.2, -0.15) is 4.98 Å². The van der Waals surface area contributed by atoms with Crippen LogP contribution in [0.3, 0.4) is 0 Å². The molecular formula is C19H19N5O2. The zero-order valence-electron chi connectivity index (χ0n) is 14.3. The van der Waals surface area contributed by atoms with Crippen LogP contribution in [0.15, 0.2) is 59.4 Å². The van der Waals surface area contributed by atoms with E-state index in [-0.39, 0.29) is 11.8 Å². The summed E-state index contributed by atoms with van der Waals surface area (Å²) in [5.41, 5.74) is 2.06. The number of hydrogen-bond donors (Lipinski definition) is 0. The second-order valence-electron chi connectivity index (χ2n) is 6.21. The maximum Gasteiger partial charge on any atom is 0.316 e. The Morgan fingerprint density at radius 2 is 1.73 bits per heavy atom. The summed E-state index contributed by atoms with van der Waals surface area (Å²) in [4.78, 5) is 24.9. The molecule has 26 heavy (non-hydrogen) atoms. The first kappa shape index (κ1) is 16.4. The van der Waals surface area contributed by atoms with E-state index >= 15 is 0 Å². The van der Waals surface area contributed by atoms with Crippen LogP contribution in [-0.4, -0.2) is 57.0 Å². The first-order chi connectivity index (χ1) is 12.8. The number of rotatable bonds is 4. The minimum absolute atomic E-state index is 0.0355. The van der Waals surface area contributed by atoms with Gasteiger partial charge in [0.1, 0.15) is 0 Å². The van der Waals surface area contributed by atoms with Crippen LogP contribution in [0, 0.1) is 0 Å². The number of aromatic nitrogens is 3. The molecule has 0 N–H and O–H groups in total. The van der Waals surface area contributed by atoms with Gasteiger partial charge in [0.05, 0.1) is 0 Å². The third-order valence-corrected chi connectivity index (χ3v) is 4.46. The van der Waals surface area contributed by atoms with Gasteiger partial charge >= 0.3 is 11.8 Å². The Hall–Kier alpha value is -3.06. The summed E-state index contributed by atoms with van der Waals surface area (Å²) in [5.74, 6) is 0.226. The number of piperazine rings is 1. The molecule has 0 aliphatic carbocycles. The van der Waals surface area contributed by atoms with E-state index in [1.54, 1.807) is 29.4 Å². The predicted molar refractivity (Wildman–Crippen MR) is 95.2 cm³/mol. The van der Waals surface area contributed by atoms with Gasteiger partial charge in [-0.15, -0.1) is 0 Å². The van der Waals surface area contributed by atoms with E-state index in [0.29, 0.717) is 18.9 Å². The average molecular weight is 349 g/mol. The van der Waals surface area contributed by atoms with Crippen LogP contribution >= 0.6 is 0 Å². The highest BCUT2D eigenvalue weighted by atomic mass is 16.5. The van der Waals surface area contributed by atoms with Crippen molar-refractivity contribution in [3.63, 3.8) is 0 Å². The fourth-order valence-corrected chi connectivity index (χ4v) is 3.01. The van der Waals surface area contributed by atoms with E-state index in [0.717, 1.165) is 25.2 Å². The summed E-state index contributed by atoms with van der Waals surface area (Å²) in [5, 5.41) is 3.90. The predicted octanol–water partition coefficient (Wildman–Crippen LogP) is 2.09. The first-order valence-corrected chi connectivity index (χ1v) is 8.59. The molecule has 0 bridgehead atoms. The van der Waals surface area contributed by atoms with Gasteiger partial charge < -0.3 is 9.42 Å². The van der Waals surface area contributed by atoms with Gasteiger partial charge in [-0.3, -0.25) is 14.7 Å². The van der Waals surface area contributed by atoms with E-state index in [4.69, 9.17) is 4.52 Å². The van der Waals surface area contributed by atoms with Crippen LogP contribution in [-0.2, 0) is 6.54 Å². The van der Waals surface area contributed by atoms with E-state index in [1.165, 1.54) is 5.56 Å². The number of hydrogen-bond acceptors (Lipinski definition) is 6. The molecule has 1 aliphatic rings. The highest BCUT2D eigenvalue weighted by molar-refractivity contribution is 5.90. The van der Waals surface area contributed by atoms with E-state index < -0.39 is 0 Å². The minimum Gasteiger partial charge on any atom is -0.332 e. The molecule has 1 saturated heterocycles. The van der Waals surface area contributed by atoms with Crippen molar-refractivity contribution in [2.45, 2.75) is 6.54 Å². The average Bonchev–Trinajstić information content (AvgIpc) is 3.20. The summed E-state index contributed by atoms with van der Waals surface area (Å²) in [6, 6.07) is 13.9. The molecule has 1 aliphatic heterocycles. The molecule has 1 fully saturated rings. The van der Waals surface area contributed by atoms with Crippen molar-refractivity contribution in [2.75, 3.05) is 26.2 Å². The van der Waals surface area contributed by atoms with Gasteiger partial charge in [0, 0.05) is 50.7 Å². The fourth-order valence-electron chi connectivity index (χ4n) is 3.01. The molecule has 0 atom stereocenters. The molecule has 3 aromatic rings. The Morgan fingerprint density at radius 3 is 2.46 bits per heavy atom. The molecule has 0 unspecified atom stereocenters. The number of benzene rings is 1. The minimum atomic E-state index is -0.211. The van der Waals surface area contributed by atoms with Gasteiger partial charge in [0.2, 0.25) is 5.82 Å². The van der Waals surface area contributed by atoms with Gasteiger partial charge in [-0.1, -0.05) is 35.5 Å². The molecule has 0 radical (unpaired) electrons. The smallest absolute Gasteiger partial charge is 0.316 e. The maximum atomic E-state index is 12.6. The van der Waals surface area contributed by atoms with Crippen molar-refractivity contribution in [2.24, 2.45) is 0 Å². The Labute approximate surface area is 151 Å². The van der Waals surface area contributed by atoms with Crippen molar-refractivity contribution in [3.8, 4) is 11.4 Å². The van der Waals surface area contributed by atoms with E-state index in [9.17, 15) is 4.79 Å². The lowest BCUT2D eigenvalue weighted by molar-refractivity contribution is 0.0581. The van der Waals surface area contributed by atoms with Crippen LogP contribution in [0.1, 0.15) is 16.2 Å². The lowest BCUT2D eigenvalue weighted by Gasteiger charge is -2.33. The highest BCUT2D eigenvalue weighted by Crippen LogP contribution is 2.16. The Balaban J connectivity index is 1.36. The van der Waals surface area contributed by atoms with Crippen LogP contribution in [0.2, 0.25) is 0 Å². The fraction of sp³-hybridized carbons (Fsp3) is 0.263. The van der Waals surface area contributed by atoms with E-state index in [2.05, 4.69) is 32.2 Å². The first-order valence-electron chi connectivity index (χ1n) is 8.59. The molecule has 7 nitrogen and oxygen atoms in total.